The SMILES string of the molecule is CC1CC(=O)c2nc(Nc3ccc4c(c3)C(C)(c3ccccc3)CC(C)(C)N4C(=O)c3ccccc3)ncc2C1. The molecular formula is C34H34N4O2. The predicted molar refractivity (Wildman–Crippen MR) is 158 cm³/mol. The molecule has 40 heavy (non-hydrogen) atoms. The zero-order valence-electron chi connectivity index (χ0n) is 23.4. The Morgan fingerprint density at radius 2 is 1.65 bits per heavy atom. The van der Waals surface area contributed by atoms with Crippen LogP contribution in [0.2, 0.25) is 0 Å². The Hall–Kier alpha value is -4.32. The number of ketones is 1. The Kier molecular flexibility index (Phi) is 6.29. The molecule has 1 aromatic heterocycles. The third-order valence-electron chi connectivity index (χ3n) is 8.35. The second-order valence-corrected chi connectivity index (χ2v) is 12.1. The minimum absolute atomic E-state index is 0.0200. The van der Waals surface area contributed by atoms with E-state index in [2.05, 4.69) is 73.3 Å². The van der Waals surface area contributed by atoms with E-state index in [9.17, 15) is 9.59 Å². The Bertz CT molecular complexity index is 1600. The van der Waals surface area contributed by atoms with E-state index in [1.165, 1.54) is 5.56 Å². The van der Waals surface area contributed by atoms with E-state index in [4.69, 9.17) is 0 Å². The summed E-state index contributed by atoms with van der Waals surface area (Å²) in [6.07, 6.45) is 3.84. The van der Waals surface area contributed by atoms with Crippen molar-refractivity contribution in [1.82, 2.24) is 9.97 Å². The topological polar surface area (TPSA) is 75.2 Å². The number of nitrogens with one attached hydrogen (secondary N) is 1. The van der Waals surface area contributed by atoms with Gasteiger partial charge < -0.3 is 10.2 Å². The Morgan fingerprint density at radius 3 is 2.38 bits per heavy atom. The zero-order chi connectivity index (χ0) is 28.1. The van der Waals surface area contributed by atoms with Crippen LogP contribution in [-0.2, 0) is 11.8 Å². The number of rotatable bonds is 4. The summed E-state index contributed by atoms with van der Waals surface area (Å²) in [4.78, 5) is 37.7. The van der Waals surface area contributed by atoms with Gasteiger partial charge >= 0.3 is 0 Å². The lowest BCUT2D eigenvalue weighted by Crippen LogP contribution is -2.55. The molecule has 202 valence electrons. The van der Waals surface area contributed by atoms with E-state index < -0.39 is 5.54 Å². The molecule has 2 aliphatic rings. The quantitative estimate of drug-likeness (QED) is 0.304. The van der Waals surface area contributed by atoms with Crippen LogP contribution in [0.4, 0.5) is 17.3 Å². The van der Waals surface area contributed by atoms with Crippen molar-refractivity contribution in [3.63, 3.8) is 0 Å². The molecule has 6 rings (SSSR count). The standard InChI is InChI=1S/C34H34N4O2/c1-22-17-24-20-35-32(37-30(24)29(39)18-22)36-26-15-16-28-27(19-26)34(4,25-13-9-6-10-14-25)21-33(2,3)38(28)31(40)23-11-7-5-8-12-23/h5-16,19-20,22H,17-18,21H2,1-4H3,(H,35,36,37). The van der Waals surface area contributed by atoms with Crippen LogP contribution in [0.25, 0.3) is 0 Å². The van der Waals surface area contributed by atoms with Gasteiger partial charge in [0.2, 0.25) is 5.95 Å². The van der Waals surface area contributed by atoms with Crippen molar-refractivity contribution in [2.45, 2.75) is 57.9 Å². The Labute approximate surface area is 235 Å². The molecule has 1 aliphatic heterocycles. The Morgan fingerprint density at radius 1 is 0.950 bits per heavy atom. The molecule has 0 bridgehead atoms. The minimum Gasteiger partial charge on any atom is -0.324 e. The lowest BCUT2D eigenvalue weighted by molar-refractivity contribution is 0.0939. The number of carbonyl (C=O) groups is 2. The van der Waals surface area contributed by atoms with Crippen molar-refractivity contribution >= 4 is 29.0 Å². The van der Waals surface area contributed by atoms with Gasteiger partial charge in [0.15, 0.2) is 5.78 Å². The van der Waals surface area contributed by atoms with Gasteiger partial charge in [0.05, 0.1) is 0 Å². The van der Waals surface area contributed by atoms with Gasteiger partial charge in [-0.15, -0.1) is 0 Å². The highest BCUT2D eigenvalue weighted by atomic mass is 16.2. The molecule has 4 aromatic rings. The number of amides is 1. The molecule has 1 aliphatic carbocycles. The molecule has 0 saturated heterocycles. The lowest BCUT2D eigenvalue weighted by atomic mass is 9.65. The van der Waals surface area contributed by atoms with Crippen molar-refractivity contribution in [2.75, 3.05) is 10.2 Å². The molecule has 0 spiro atoms. The molecule has 1 amide bonds. The van der Waals surface area contributed by atoms with Gasteiger partial charge in [0.1, 0.15) is 5.69 Å². The summed E-state index contributed by atoms with van der Waals surface area (Å²) < 4.78 is 0. The normalized spacial score (nSPS) is 21.4. The average Bonchev–Trinajstić information content (AvgIpc) is 2.94. The van der Waals surface area contributed by atoms with Gasteiger partial charge in [-0.3, -0.25) is 9.59 Å². The van der Waals surface area contributed by atoms with E-state index >= 15 is 0 Å². The molecule has 6 heteroatoms. The van der Waals surface area contributed by atoms with Crippen LogP contribution in [-0.4, -0.2) is 27.2 Å². The second-order valence-electron chi connectivity index (χ2n) is 12.1. The number of nitrogens with zero attached hydrogens (tertiary/aromatic N) is 3. The van der Waals surface area contributed by atoms with E-state index in [-0.39, 0.29) is 17.1 Å². The largest absolute Gasteiger partial charge is 0.324 e. The number of hydrogen-bond acceptors (Lipinski definition) is 5. The maximum Gasteiger partial charge on any atom is 0.258 e. The first-order valence-corrected chi connectivity index (χ1v) is 13.9. The minimum atomic E-state index is -0.446. The Balaban J connectivity index is 1.45. The lowest BCUT2D eigenvalue weighted by Gasteiger charge is -2.51. The smallest absolute Gasteiger partial charge is 0.258 e. The van der Waals surface area contributed by atoms with E-state index in [0.29, 0.717) is 29.5 Å². The van der Waals surface area contributed by atoms with Crippen molar-refractivity contribution in [1.29, 1.82) is 0 Å². The summed E-state index contributed by atoms with van der Waals surface area (Å²) in [7, 11) is 0. The third kappa shape index (κ3) is 4.47. The van der Waals surface area contributed by atoms with Crippen molar-refractivity contribution in [3.8, 4) is 0 Å². The van der Waals surface area contributed by atoms with Gasteiger partial charge in [-0.2, -0.15) is 0 Å². The highest BCUT2D eigenvalue weighted by Gasteiger charge is 2.48. The molecule has 2 unspecified atom stereocenters. The number of carbonyl (C=O) groups excluding carboxylic acids is 2. The first kappa shape index (κ1) is 25.9. The number of benzene rings is 3. The second kappa shape index (κ2) is 9.70. The summed E-state index contributed by atoms with van der Waals surface area (Å²) >= 11 is 0. The van der Waals surface area contributed by atoms with Crippen molar-refractivity contribution in [3.05, 3.63) is 113 Å². The molecule has 6 nitrogen and oxygen atoms in total. The first-order chi connectivity index (χ1) is 19.2. The van der Waals surface area contributed by atoms with Gasteiger partial charge in [-0.1, -0.05) is 62.4 Å². The molecule has 2 atom stereocenters. The van der Waals surface area contributed by atoms with Crippen LogP contribution in [0.15, 0.2) is 85.1 Å². The fraction of sp³-hybridized carbons (Fsp3) is 0.294. The van der Waals surface area contributed by atoms with Crippen LogP contribution < -0.4 is 10.2 Å². The molecule has 0 fully saturated rings. The summed E-state index contributed by atoms with van der Waals surface area (Å²) in [5, 5.41) is 3.34. The van der Waals surface area contributed by atoms with E-state index in [0.717, 1.165) is 35.3 Å². The first-order valence-electron chi connectivity index (χ1n) is 13.9. The highest BCUT2D eigenvalue weighted by molar-refractivity contribution is 6.08. The van der Waals surface area contributed by atoms with Crippen LogP contribution in [0.1, 0.15) is 78.1 Å². The molecule has 2 heterocycles. The summed E-state index contributed by atoms with van der Waals surface area (Å²) in [6.45, 7) is 8.62. The monoisotopic (exact) mass is 530 g/mol. The van der Waals surface area contributed by atoms with Crippen LogP contribution in [0.3, 0.4) is 0 Å². The predicted octanol–water partition coefficient (Wildman–Crippen LogP) is 7.12. The number of hydrogen-bond donors (Lipinski definition) is 1. The third-order valence-corrected chi connectivity index (χ3v) is 8.35. The van der Waals surface area contributed by atoms with Crippen molar-refractivity contribution < 1.29 is 9.59 Å². The number of fused-ring (bicyclic) bond motifs is 2. The summed E-state index contributed by atoms with van der Waals surface area (Å²) in [5.41, 5.74) is 5.23. The van der Waals surface area contributed by atoms with E-state index in [1.807, 2.05) is 53.4 Å². The van der Waals surface area contributed by atoms with Crippen LogP contribution in [0.5, 0.6) is 0 Å². The number of anilines is 3. The summed E-state index contributed by atoms with van der Waals surface area (Å²) in [5.74, 6) is 0.757. The molecule has 1 N–H and O–H groups in total. The fourth-order valence-corrected chi connectivity index (χ4v) is 6.62. The highest BCUT2D eigenvalue weighted by Crippen LogP contribution is 2.51. The van der Waals surface area contributed by atoms with E-state index in [1.54, 1.807) is 6.20 Å². The maximum absolute atomic E-state index is 14.0. The van der Waals surface area contributed by atoms with Crippen molar-refractivity contribution in [2.24, 2.45) is 5.92 Å². The average molecular weight is 531 g/mol. The molecule has 0 radical (unpaired) electrons. The molecular weight excluding hydrogens is 496 g/mol. The maximum atomic E-state index is 14.0. The van der Waals surface area contributed by atoms with Crippen LogP contribution in [0, 0.1) is 5.92 Å². The van der Waals surface area contributed by atoms with Gasteiger partial charge in [0.25, 0.3) is 5.91 Å². The fourth-order valence-electron chi connectivity index (χ4n) is 6.62. The summed E-state index contributed by atoms with van der Waals surface area (Å²) in [6, 6.07) is 26.0. The number of aromatic nitrogens is 2. The van der Waals surface area contributed by atoms with Gasteiger partial charge in [-0.25, -0.2) is 9.97 Å². The van der Waals surface area contributed by atoms with Gasteiger partial charge in [-0.05, 0) is 74.1 Å². The zero-order valence-corrected chi connectivity index (χ0v) is 23.4. The van der Waals surface area contributed by atoms with Crippen LogP contribution >= 0.6 is 0 Å². The molecule has 3 aromatic carbocycles. The molecule has 0 saturated carbocycles. The van der Waals surface area contributed by atoms with Gasteiger partial charge in [0, 0.05) is 46.1 Å². The number of Topliss-reactive ketones (excluding diaryl/α,β-unsaturated/α-hetero) is 1.